The van der Waals surface area contributed by atoms with E-state index in [2.05, 4.69) is 25.4 Å². The summed E-state index contributed by atoms with van der Waals surface area (Å²) in [6.45, 7) is 4.02. The van der Waals surface area contributed by atoms with Crippen LogP contribution in [-0.2, 0) is 0 Å². The molecule has 3 rings (SSSR count). The van der Waals surface area contributed by atoms with E-state index in [0.29, 0.717) is 11.8 Å². The Hall–Kier alpha value is -1.88. The second-order valence-corrected chi connectivity index (χ2v) is 6.06. The van der Waals surface area contributed by atoms with Crippen molar-refractivity contribution < 1.29 is 0 Å². The molecule has 1 aliphatic rings. The van der Waals surface area contributed by atoms with Crippen LogP contribution in [0.3, 0.4) is 0 Å². The number of aromatic nitrogens is 3. The van der Waals surface area contributed by atoms with Gasteiger partial charge in [0.1, 0.15) is 0 Å². The molecule has 0 bridgehead atoms. The molecule has 0 saturated carbocycles. The fourth-order valence-corrected chi connectivity index (χ4v) is 2.89. The van der Waals surface area contributed by atoms with Gasteiger partial charge in [-0.05, 0) is 43.5 Å². The molecule has 2 heterocycles. The summed E-state index contributed by atoms with van der Waals surface area (Å²) in [4.78, 5) is 6.83. The van der Waals surface area contributed by atoms with Gasteiger partial charge in [0.2, 0.25) is 5.95 Å². The monoisotopic (exact) mass is 317 g/mol. The van der Waals surface area contributed by atoms with E-state index in [-0.39, 0.29) is 0 Å². The van der Waals surface area contributed by atoms with E-state index in [1.165, 1.54) is 25.7 Å². The maximum absolute atomic E-state index is 5.99. The molecule has 2 aromatic rings. The zero-order chi connectivity index (χ0) is 15.4. The predicted molar refractivity (Wildman–Crippen MR) is 90.0 cm³/mol. The van der Waals surface area contributed by atoms with Crippen molar-refractivity contribution in [2.75, 3.05) is 23.3 Å². The fraction of sp³-hybridized carbons (Fsp3) is 0.438. The van der Waals surface area contributed by atoms with E-state index in [1.807, 2.05) is 25.1 Å². The minimum atomic E-state index is 0.707. The molecule has 1 fully saturated rings. The molecule has 0 amide bonds. The van der Waals surface area contributed by atoms with Gasteiger partial charge in [-0.25, -0.2) is 0 Å². The fourth-order valence-electron chi connectivity index (χ4n) is 2.66. The molecule has 116 valence electrons. The third-order valence-electron chi connectivity index (χ3n) is 3.89. The van der Waals surface area contributed by atoms with Gasteiger partial charge in [0, 0.05) is 23.8 Å². The molecular weight excluding hydrogens is 298 g/mol. The topological polar surface area (TPSA) is 53.9 Å². The lowest BCUT2D eigenvalue weighted by atomic mass is 10.2. The summed E-state index contributed by atoms with van der Waals surface area (Å²) >= 11 is 5.99. The number of benzene rings is 1. The van der Waals surface area contributed by atoms with Crippen LogP contribution in [0.15, 0.2) is 24.4 Å². The van der Waals surface area contributed by atoms with E-state index >= 15 is 0 Å². The molecule has 22 heavy (non-hydrogen) atoms. The average molecular weight is 318 g/mol. The van der Waals surface area contributed by atoms with Crippen LogP contribution in [0.2, 0.25) is 5.02 Å². The molecule has 0 unspecified atom stereocenters. The van der Waals surface area contributed by atoms with Gasteiger partial charge in [-0.3, -0.25) is 0 Å². The second-order valence-electron chi connectivity index (χ2n) is 5.63. The van der Waals surface area contributed by atoms with Crippen LogP contribution < -0.4 is 10.2 Å². The maximum atomic E-state index is 5.99. The Labute approximate surface area is 135 Å². The Bertz CT molecular complexity index is 638. The first-order valence-corrected chi connectivity index (χ1v) is 8.08. The van der Waals surface area contributed by atoms with Crippen LogP contribution in [0.5, 0.6) is 0 Å². The second kappa shape index (κ2) is 6.92. The van der Waals surface area contributed by atoms with Crippen LogP contribution >= 0.6 is 11.6 Å². The molecule has 1 aliphatic heterocycles. The van der Waals surface area contributed by atoms with Crippen molar-refractivity contribution in [3.05, 3.63) is 35.0 Å². The summed E-state index contributed by atoms with van der Waals surface area (Å²) < 4.78 is 0. The molecule has 1 saturated heterocycles. The summed E-state index contributed by atoms with van der Waals surface area (Å²) in [5.74, 6) is 1.41. The summed E-state index contributed by atoms with van der Waals surface area (Å²) in [5, 5.41) is 12.3. The van der Waals surface area contributed by atoms with Crippen molar-refractivity contribution in [3.63, 3.8) is 0 Å². The highest BCUT2D eigenvalue weighted by molar-refractivity contribution is 6.30. The van der Waals surface area contributed by atoms with Crippen molar-refractivity contribution in [2.24, 2.45) is 0 Å². The minimum absolute atomic E-state index is 0.707. The highest BCUT2D eigenvalue weighted by atomic mass is 35.5. The lowest BCUT2D eigenvalue weighted by Crippen LogP contribution is -2.26. The average Bonchev–Trinajstić information content (AvgIpc) is 2.80. The molecule has 0 aliphatic carbocycles. The molecule has 5 nitrogen and oxygen atoms in total. The van der Waals surface area contributed by atoms with Crippen molar-refractivity contribution >= 4 is 29.1 Å². The van der Waals surface area contributed by atoms with Crippen molar-refractivity contribution in [1.82, 2.24) is 15.2 Å². The Morgan fingerprint density at radius 2 is 1.91 bits per heavy atom. The summed E-state index contributed by atoms with van der Waals surface area (Å²) in [5.41, 5.74) is 2.05. The zero-order valence-electron chi connectivity index (χ0n) is 12.7. The largest absolute Gasteiger partial charge is 0.339 e. The van der Waals surface area contributed by atoms with Crippen molar-refractivity contribution in [3.8, 4) is 0 Å². The minimum Gasteiger partial charge on any atom is -0.339 e. The summed E-state index contributed by atoms with van der Waals surface area (Å²) in [6.07, 6.45) is 6.60. The lowest BCUT2D eigenvalue weighted by molar-refractivity contribution is 0.726. The molecule has 1 aromatic carbocycles. The number of nitrogens with one attached hydrogen (secondary N) is 1. The van der Waals surface area contributed by atoms with Gasteiger partial charge in [0.15, 0.2) is 5.82 Å². The van der Waals surface area contributed by atoms with Gasteiger partial charge in [0.25, 0.3) is 0 Å². The van der Waals surface area contributed by atoms with Crippen molar-refractivity contribution in [2.45, 2.75) is 32.6 Å². The van der Waals surface area contributed by atoms with Crippen LogP contribution in [0, 0.1) is 6.92 Å². The van der Waals surface area contributed by atoms with E-state index in [0.717, 1.165) is 29.4 Å². The molecule has 1 N–H and O–H groups in total. The SMILES string of the molecule is Cc1cc(Cl)ccc1Nc1cnnc(N2CCCCCC2)n1. The van der Waals surface area contributed by atoms with Crippen LogP contribution in [-0.4, -0.2) is 28.3 Å². The highest BCUT2D eigenvalue weighted by Crippen LogP contribution is 2.23. The number of hydrogen-bond acceptors (Lipinski definition) is 5. The lowest BCUT2D eigenvalue weighted by Gasteiger charge is -2.20. The van der Waals surface area contributed by atoms with E-state index < -0.39 is 0 Å². The predicted octanol–water partition coefficient (Wildman–Crippen LogP) is 3.96. The van der Waals surface area contributed by atoms with E-state index in [9.17, 15) is 0 Å². The van der Waals surface area contributed by atoms with Gasteiger partial charge in [-0.2, -0.15) is 10.1 Å². The van der Waals surface area contributed by atoms with Gasteiger partial charge in [-0.1, -0.05) is 24.4 Å². The summed E-state index contributed by atoms with van der Waals surface area (Å²) in [6, 6.07) is 5.74. The number of aryl methyl sites for hydroxylation is 1. The highest BCUT2D eigenvalue weighted by Gasteiger charge is 2.13. The maximum Gasteiger partial charge on any atom is 0.247 e. The Morgan fingerprint density at radius 3 is 2.64 bits per heavy atom. The Morgan fingerprint density at radius 1 is 1.14 bits per heavy atom. The summed E-state index contributed by atoms with van der Waals surface area (Å²) in [7, 11) is 0. The van der Waals surface area contributed by atoms with Crippen LogP contribution in [0.4, 0.5) is 17.5 Å². The van der Waals surface area contributed by atoms with Crippen LogP contribution in [0.1, 0.15) is 31.2 Å². The third kappa shape index (κ3) is 3.65. The standard InChI is InChI=1S/C16H20ClN5/c1-12-10-13(17)6-7-14(12)19-15-11-18-21-16(20-15)22-8-4-2-3-5-9-22/h6-7,10-11H,2-5,8-9H2,1H3,(H,19,20,21). The van der Waals surface area contributed by atoms with E-state index in [1.54, 1.807) is 6.20 Å². The van der Waals surface area contributed by atoms with Gasteiger partial charge in [0.05, 0.1) is 6.20 Å². The Kier molecular flexibility index (Phi) is 4.73. The molecular formula is C16H20ClN5. The normalized spacial score (nSPS) is 15.5. The van der Waals surface area contributed by atoms with Gasteiger partial charge < -0.3 is 10.2 Å². The molecule has 0 atom stereocenters. The number of halogens is 1. The smallest absolute Gasteiger partial charge is 0.247 e. The zero-order valence-corrected chi connectivity index (χ0v) is 13.5. The van der Waals surface area contributed by atoms with Crippen LogP contribution in [0.25, 0.3) is 0 Å². The molecule has 1 aromatic heterocycles. The first-order valence-electron chi connectivity index (χ1n) is 7.70. The molecule has 0 radical (unpaired) electrons. The number of anilines is 3. The van der Waals surface area contributed by atoms with Gasteiger partial charge >= 0.3 is 0 Å². The number of rotatable bonds is 3. The first-order chi connectivity index (χ1) is 10.7. The third-order valence-corrected chi connectivity index (χ3v) is 4.12. The Balaban J connectivity index is 1.78. The van der Waals surface area contributed by atoms with E-state index in [4.69, 9.17) is 11.6 Å². The first kappa shape index (κ1) is 15.0. The molecule has 6 heteroatoms. The van der Waals surface area contributed by atoms with Crippen molar-refractivity contribution in [1.29, 1.82) is 0 Å². The van der Waals surface area contributed by atoms with Gasteiger partial charge in [-0.15, -0.1) is 5.10 Å². The number of nitrogens with zero attached hydrogens (tertiary/aromatic N) is 4. The number of hydrogen-bond donors (Lipinski definition) is 1. The molecule has 0 spiro atoms. The quantitative estimate of drug-likeness (QED) is 0.928.